The Morgan fingerprint density at radius 2 is 1.89 bits per heavy atom. The summed E-state index contributed by atoms with van der Waals surface area (Å²) in [5.41, 5.74) is 0.447. The van der Waals surface area contributed by atoms with Crippen molar-refractivity contribution in [2.45, 2.75) is 25.7 Å². The number of carboxylic acids is 1. The average molecular weight is 263 g/mol. The molecule has 0 heterocycles. The second-order valence-corrected chi connectivity index (χ2v) is 5.35. The molecule has 2 rings (SSSR count). The van der Waals surface area contributed by atoms with Gasteiger partial charge in [-0.05, 0) is 37.1 Å². The molecule has 1 saturated carbocycles. The van der Waals surface area contributed by atoms with Gasteiger partial charge in [-0.25, -0.2) is 0 Å². The van der Waals surface area contributed by atoms with Crippen LogP contribution in [0.1, 0.15) is 25.7 Å². The zero-order chi connectivity index (χ0) is 13.9. The van der Waals surface area contributed by atoms with Crippen molar-refractivity contribution in [3.8, 4) is 5.75 Å². The molecule has 1 N–H and O–H groups in total. The van der Waals surface area contributed by atoms with E-state index in [1.807, 2.05) is 36.2 Å². The van der Waals surface area contributed by atoms with Crippen molar-refractivity contribution in [1.82, 2.24) is 0 Å². The van der Waals surface area contributed by atoms with Gasteiger partial charge in [0.25, 0.3) is 0 Å². The number of ether oxygens (including phenoxy) is 1. The fourth-order valence-electron chi connectivity index (χ4n) is 2.87. The molecule has 1 fully saturated rings. The quantitative estimate of drug-likeness (QED) is 0.887. The molecule has 0 aromatic heterocycles. The molecule has 0 amide bonds. The maximum Gasteiger partial charge on any atom is 0.311 e. The lowest BCUT2D eigenvalue weighted by molar-refractivity contribution is -0.148. The lowest BCUT2D eigenvalue weighted by Gasteiger charge is -2.31. The zero-order valence-corrected chi connectivity index (χ0v) is 11.6. The van der Waals surface area contributed by atoms with Gasteiger partial charge in [0.1, 0.15) is 5.75 Å². The number of carboxylic acid groups (broad SMARTS) is 1. The van der Waals surface area contributed by atoms with E-state index in [2.05, 4.69) is 0 Å². The van der Waals surface area contributed by atoms with Crippen molar-refractivity contribution >= 4 is 11.7 Å². The normalized spacial score (nSPS) is 17.2. The van der Waals surface area contributed by atoms with Crippen LogP contribution in [-0.2, 0) is 4.79 Å². The summed E-state index contributed by atoms with van der Waals surface area (Å²) in [5.74, 6) is 0.149. The van der Waals surface area contributed by atoms with E-state index in [-0.39, 0.29) is 0 Å². The summed E-state index contributed by atoms with van der Waals surface area (Å²) >= 11 is 0. The number of hydrogen-bond donors (Lipinski definition) is 1. The van der Waals surface area contributed by atoms with Gasteiger partial charge < -0.3 is 14.7 Å². The van der Waals surface area contributed by atoms with Crippen LogP contribution >= 0.6 is 0 Å². The summed E-state index contributed by atoms with van der Waals surface area (Å²) in [6.07, 6.45) is 3.59. The van der Waals surface area contributed by atoms with Gasteiger partial charge in [-0.1, -0.05) is 12.8 Å². The number of anilines is 1. The molecule has 0 radical (unpaired) electrons. The molecule has 0 unspecified atom stereocenters. The highest BCUT2D eigenvalue weighted by Gasteiger charge is 2.42. The maximum absolute atomic E-state index is 11.5. The largest absolute Gasteiger partial charge is 0.497 e. The highest BCUT2D eigenvalue weighted by Crippen LogP contribution is 2.39. The minimum Gasteiger partial charge on any atom is -0.497 e. The van der Waals surface area contributed by atoms with E-state index in [0.29, 0.717) is 6.54 Å². The van der Waals surface area contributed by atoms with Crippen LogP contribution in [0.5, 0.6) is 5.75 Å². The highest BCUT2D eigenvalue weighted by atomic mass is 16.5. The molecule has 1 aromatic rings. The van der Waals surface area contributed by atoms with Crippen LogP contribution in [0.3, 0.4) is 0 Å². The number of aliphatic carboxylic acids is 1. The third-order valence-electron chi connectivity index (χ3n) is 4.07. The molecule has 0 bridgehead atoms. The SMILES string of the molecule is COc1ccc(N(C)CC2(C(=O)O)CCCC2)cc1. The standard InChI is InChI=1S/C15H21NO3/c1-16(12-5-7-13(19-2)8-6-12)11-15(14(17)18)9-3-4-10-15/h5-8H,3-4,9-11H2,1-2H3,(H,17,18). The first-order valence-corrected chi connectivity index (χ1v) is 6.66. The Morgan fingerprint density at radius 3 is 2.37 bits per heavy atom. The van der Waals surface area contributed by atoms with Crippen LogP contribution in [-0.4, -0.2) is 31.8 Å². The second-order valence-electron chi connectivity index (χ2n) is 5.35. The summed E-state index contributed by atoms with van der Waals surface area (Å²) < 4.78 is 5.13. The van der Waals surface area contributed by atoms with Gasteiger partial charge in [0, 0.05) is 19.3 Å². The topological polar surface area (TPSA) is 49.8 Å². The van der Waals surface area contributed by atoms with Crippen molar-refractivity contribution in [3.05, 3.63) is 24.3 Å². The van der Waals surface area contributed by atoms with Crippen LogP contribution in [0.4, 0.5) is 5.69 Å². The van der Waals surface area contributed by atoms with Crippen LogP contribution in [0.2, 0.25) is 0 Å². The molecule has 0 spiro atoms. The number of hydrogen-bond acceptors (Lipinski definition) is 3. The summed E-state index contributed by atoms with van der Waals surface area (Å²) in [7, 11) is 3.58. The van der Waals surface area contributed by atoms with E-state index in [1.165, 1.54) is 0 Å². The number of rotatable bonds is 5. The van der Waals surface area contributed by atoms with Gasteiger partial charge in [0.15, 0.2) is 0 Å². The van der Waals surface area contributed by atoms with Crippen molar-refractivity contribution in [1.29, 1.82) is 0 Å². The number of nitrogens with zero attached hydrogens (tertiary/aromatic N) is 1. The number of carbonyl (C=O) groups is 1. The third-order valence-corrected chi connectivity index (χ3v) is 4.07. The molecule has 0 atom stereocenters. The molecule has 0 aliphatic heterocycles. The van der Waals surface area contributed by atoms with E-state index in [9.17, 15) is 9.90 Å². The fourth-order valence-corrected chi connectivity index (χ4v) is 2.87. The van der Waals surface area contributed by atoms with Crippen LogP contribution in [0.15, 0.2) is 24.3 Å². The summed E-state index contributed by atoms with van der Waals surface area (Å²) in [4.78, 5) is 13.6. The van der Waals surface area contributed by atoms with Crippen molar-refractivity contribution in [3.63, 3.8) is 0 Å². The smallest absolute Gasteiger partial charge is 0.311 e. The van der Waals surface area contributed by atoms with Crippen LogP contribution < -0.4 is 9.64 Å². The Hall–Kier alpha value is -1.71. The fraction of sp³-hybridized carbons (Fsp3) is 0.533. The Balaban J connectivity index is 2.10. The van der Waals surface area contributed by atoms with Crippen molar-refractivity contribution in [2.24, 2.45) is 5.41 Å². The van der Waals surface area contributed by atoms with E-state index in [1.54, 1.807) is 7.11 Å². The Morgan fingerprint density at radius 1 is 1.32 bits per heavy atom. The van der Waals surface area contributed by atoms with Gasteiger partial charge in [-0.15, -0.1) is 0 Å². The van der Waals surface area contributed by atoms with E-state index in [4.69, 9.17) is 4.74 Å². The number of methoxy groups -OCH3 is 1. The average Bonchev–Trinajstić information content (AvgIpc) is 2.88. The second kappa shape index (κ2) is 5.51. The lowest BCUT2D eigenvalue weighted by atomic mass is 9.85. The monoisotopic (exact) mass is 263 g/mol. The molecular weight excluding hydrogens is 242 g/mol. The van der Waals surface area contributed by atoms with Gasteiger partial charge >= 0.3 is 5.97 Å². The first-order chi connectivity index (χ1) is 9.07. The molecular formula is C15H21NO3. The molecule has 1 aromatic carbocycles. The third kappa shape index (κ3) is 2.83. The zero-order valence-electron chi connectivity index (χ0n) is 11.6. The molecule has 4 nitrogen and oxygen atoms in total. The Labute approximate surface area is 114 Å². The highest BCUT2D eigenvalue weighted by molar-refractivity contribution is 5.76. The lowest BCUT2D eigenvalue weighted by Crippen LogP contribution is -2.39. The molecule has 19 heavy (non-hydrogen) atoms. The van der Waals surface area contributed by atoms with Crippen LogP contribution in [0, 0.1) is 5.41 Å². The predicted molar refractivity (Wildman–Crippen MR) is 74.8 cm³/mol. The van der Waals surface area contributed by atoms with Gasteiger partial charge in [0.05, 0.1) is 12.5 Å². The van der Waals surface area contributed by atoms with Crippen molar-refractivity contribution < 1.29 is 14.6 Å². The minimum atomic E-state index is -0.662. The van der Waals surface area contributed by atoms with Crippen LogP contribution in [0.25, 0.3) is 0 Å². The molecule has 0 saturated heterocycles. The Kier molecular flexibility index (Phi) is 3.98. The van der Waals surface area contributed by atoms with E-state index >= 15 is 0 Å². The molecule has 4 heteroatoms. The van der Waals surface area contributed by atoms with E-state index < -0.39 is 11.4 Å². The molecule has 1 aliphatic carbocycles. The first-order valence-electron chi connectivity index (χ1n) is 6.66. The summed E-state index contributed by atoms with van der Waals surface area (Å²) in [6.45, 7) is 0.564. The summed E-state index contributed by atoms with van der Waals surface area (Å²) in [5, 5.41) is 9.50. The predicted octanol–water partition coefficient (Wildman–Crippen LogP) is 2.78. The molecule has 104 valence electrons. The van der Waals surface area contributed by atoms with Gasteiger partial charge in [-0.2, -0.15) is 0 Å². The van der Waals surface area contributed by atoms with Gasteiger partial charge in [-0.3, -0.25) is 4.79 Å². The van der Waals surface area contributed by atoms with Gasteiger partial charge in [0.2, 0.25) is 0 Å². The maximum atomic E-state index is 11.5. The Bertz CT molecular complexity index is 435. The summed E-state index contributed by atoms with van der Waals surface area (Å²) in [6, 6.07) is 7.72. The minimum absolute atomic E-state index is 0.564. The first kappa shape index (κ1) is 13.7. The number of benzene rings is 1. The van der Waals surface area contributed by atoms with E-state index in [0.717, 1.165) is 37.1 Å². The van der Waals surface area contributed by atoms with Crippen molar-refractivity contribution in [2.75, 3.05) is 25.6 Å². The molecule has 1 aliphatic rings.